The third-order valence-electron chi connectivity index (χ3n) is 3.78. The molecule has 3 aromatic rings. The molecule has 30 heavy (non-hydrogen) atoms. The van der Waals surface area contributed by atoms with Crippen molar-refractivity contribution in [2.45, 2.75) is 0 Å². The Morgan fingerprint density at radius 3 is 2.27 bits per heavy atom. The molecule has 152 valence electrons. The fourth-order valence-corrected chi connectivity index (χ4v) is 2.73. The van der Waals surface area contributed by atoms with Crippen LogP contribution in [0.25, 0.3) is 0 Å². The topological polar surface area (TPSA) is 77.0 Å². The van der Waals surface area contributed by atoms with Gasteiger partial charge in [-0.25, -0.2) is 10.2 Å². The maximum Gasteiger partial charge on any atom is 0.345 e. The van der Waals surface area contributed by atoms with E-state index in [2.05, 4.69) is 10.5 Å². The molecule has 0 unspecified atom stereocenters. The van der Waals surface area contributed by atoms with E-state index in [1.54, 1.807) is 72.8 Å². The second-order valence-corrected chi connectivity index (χ2v) is 6.77. The molecule has 3 aromatic carbocycles. The Morgan fingerprint density at radius 1 is 0.900 bits per heavy atom. The third-order valence-corrected chi connectivity index (χ3v) is 4.42. The van der Waals surface area contributed by atoms with E-state index in [9.17, 15) is 9.59 Å². The van der Waals surface area contributed by atoms with Crippen molar-refractivity contribution in [3.8, 4) is 11.5 Å². The van der Waals surface area contributed by atoms with Crippen molar-refractivity contribution in [2.24, 2.45) is 5.10 Å². The van der Waals surface area contributed by atoms with Crippen molar-refractivity contribution >= 4 is 41.3 Å². The van der Waals surface area contributed by atoms with Crippen LogP contribution in [0.4, 0.5) is 0 Å². The number of rotatable bonds is 7. The molecule has 0 atom stereocenters. The summed E-state index contributed by atoms with van der Waals surface area (Å²) in [7, 11) is 0. The summed E-state index contributed by atoms with van der Waals surface area (Å²) in [6.07, 6.45) is 1.45. The van der Waals surface area contributed by atoms with Crippen LogP contribution in [0.15, 0.2) is 77.9 Å². The molecule has 0 bridgehead atoms. The number of carbonyl (C=O) groups is 2. The van der Waals surface area contributed by atoms with Gasteiger partial charge in [0.2, 0.25) is 0 Å². The highest BCUT2D eigenvalue weighted by Gasteiger charge is 2.12. The van der Waals surface area contributed by atoms with E-state index in [0.717, 1.165) is 0 Å². The molecule has 0 aliphatic carbocycles. The van der Waals surface area contributed by atoms with E-state index in [-0.39, 0.29) is 12.2 Å². The molecule has 0 spiro atoms. The summed E-state index contributed by atoms with van der Waals surface area (Å²) in [6.45, 7) is -0.224. The lowest BCUT2D eigenvalue weighted by molar-refractivity contribution is -0.123. The number of ether oxygens (including phenoxy) is 2. The standard InChI is InChI=1S/C22H16Cl2N2O4/c23-18-6-2-1-5-17(18)22(28)30-16-11-9-15(10-12-16)13-25-26-21(27)14-29-20-8-4-3-7-19(20)24/h1-13H,14H2,(H,26,27)/b25-13+. The summed E-state index contributed by atoms with van der Waals surface area (Å²) in [4.78, 5) is 23.9. The minimum atomic E-state index is -0.548. The van der Waals surface area contributed by atoms with Crippen LogP contribution in [0.5, 0.6) is 11.5 Å². The molecular weight excluding hydrogens is 427 g/mol. The summed E-state index contributed by atoms with van der Waals surface area (Å²) in [5, 5.41) is 4.60. The molecule has 0 saturated heterocycles. The number of para-hydroxylation sites is 1. The number of halogens is 2. The molecular formula is C22H16Cl2N2O4. The molecule has 6 nitrogen and oxygen atoms in total. The van der Waals surface area contributed by atoms with Crippen molar-refractivity contribution in [3.63, 3.8) is 0 Å². The van der Waals surface area contributed by atoms with Gasteiger partial charge in [-0.1, -0.05) is 47.5 Å². The summed E-state index contributed by atoms with van der Waals surface area (Å²) < 4.78 is 10.6. The van der Waals surface area contributed by atoms with Crippen LogP contribution in [0.3, 0.4) is 0 Å². The van der Waals surface area contributed by atoms with Gasteiger partial charge in [-0.2, -0.15) is 5.10 Å². The van der Waals surface area contributed by atoms with Crippen LogP contribution in [-0.4, -0.2) is 24.7 Å². The van der Waals surface area contributed by atoms with Gasteiger partial charge in [0.15, 0.2) is 6.61 Å². The van der Waals surface area contributed by atoms with Gasteiger partial charge in [0.25, 0.3) is 5.91 Å². The highest BCUT2D eigenvalue weighted by atomic mass is 35.5. The van der Waals surface area contributed by atoms with Gasteiger partial charge in [-0.3, -0.25) is 4.79 Å². The Bertz CT molecular complexity index is 1070. The van der Waals surface area contributed by atoms with Gasteiger partial charge in [-0.05, 0) is 54.1 Å². The summed E-state index contributed by atoms with van der Waals surface area (Å²) in [5.74, 6) is -0.210. The van der Waals surface area contributed by atoms with Gasteiger partial charge in [0.05, 0.1) is 21.8 Å². The first-order chi connectivity index (χ1) is 14.5. The zero-order valence-electron chi connectivity index (χ0n) is 15.5. The predicted molar refractivity (Wildman–Crippen MR) is 116 cm³/mol. The lowest BCUT2D eigenvalue weighted by Gasteiger charge is -2.06. The number of carbonyl (C=O) groups excluding carboxylic acids is 2. The van der Waals surface area contributed by atoms with E-state index < -0.39 is 11.9 Å². The summed E-state index contributed by atoms with van der Waals surface area (Å²) in [5.41, 5.74) is 3.34. The predicted octanol–water partition coefficient (Wildman–Crippen LogP) is 4.74. The van der Waals surface area contributed by atoms with Crippen LogP contribution in [-0.2, 0) is 4.79 Å². The highest BCUT2D eigenvalue weighted by Crippen LogP contribution is 2.22. The number of amides is 1. The Labute approximate surface area is 183 Å². The molecule has 3 rings (SSSR count). The number of hydrogen-bond donors (Lipinski definition) is 1. The number of esters is 1. The van der Waals surface area contributed by atoms with E-state index in [1.165, 1.54) is 6.21 Å². The molecule has 1 N–H and O–H groups in total. The second kappa shape index (κ2) is 10.4. The quantitative estimate of drug-likeness (QED) is 0.248. The van der Waals surface area contributed by atoms with Crippen LogP contribution >= 0.6 is 23.2 Å². The summed E-state index contributed by atoms with van der Waals surface area (Å²) in [6, 6.07) is 20.1. The number of nitrogens with one attached hydrogen (secondary N) is 1. The fraction of sp³-hybridized carbons (Fsp3) is 0.0455. The maximum absolute atomic E-state index is 12.2. The SMILES string of the molecule is O=C(COc1ccccc1Cl)N/N=C/c1ccc(OC(=O)c2ccccc2Cl)cc1. The molecule has 1 amide bonds. The third kappa shape index (κ3) is 6.07. The van der Waals surface area contributed by atoms with E-state index in [4.69, 9.17) is 32.7 Å². The van der Waals surface area contributed by atoms with Crippen molar-refractivity contribution in [3.05, 3.63) is 94.0 Å². The molecule has 0 fully saturated rings. The number of nitrogens with zero attached hydrogens (tertiary/aromatic N) is 1. The molecule has 0 aliphatic heterocycles. The minimum Gasteiger partial charge on any atom is -0.482 e. The Hall–Kier alpha value is -3.35. The van der Waals surface area contributed by atoms with Crippen molar-refractivity contribution in [1.29, 1.82) is 0 Å². The largest absolute Gasteiger partial charge is 0.482 e. The maximum atomic E-state index is 12.2. The van der Waals surface area contributed by atoms with Crippen LogP contribution in [0, 0.1) is 0 Å². The molecule has 0 saturated carbocycles. The fourth-order valence-electron chi connectivity index (χ4n) is 2.33. The van der Waals surface area contributed by atoms with Crippen molar-refractivity contribution in [2.75, 3.05) is 6.61 Å². The molecule has 0 aliphatic rings. The normalized spacial score (nSPS) is 10.6. The number of hydrazone groups is 1. The molecule has 8 heteroatoms. The van der Waals surface area contributed by atoms with Crippen LogP contribution in [0.2, 0.25) is 10.0 Å². The highest BCUT2D eigenvalue weighted by molar-refractivity contribution is 6.33. The van der Waals surface area contributed by atoms with E-state index >= 15 is 0 Å². The zero-order valence-corrected chi connectivity index (χ0v) is 17.1. The van der Waals surface area contributed by atoms with Crippen molar-refractivity contribution < 1.29 is 19.1 Å². The van der Waals surface area contributed by atoms with Crippen molar-refractivity contribution in [1.82, 2.24) is 5.43 Å². The molecule has 0 heterocycles. The van der Waals surface area contributed by atoms with Gasteiger partial charge < -0.3 is 9.47 Å². The first-order valence-corrected chi connectivity index (χ1v) is 9.54. The van der Waals surface area contributed by atoms with Gasteiger partial charge in [-0.15, -0.1) is 0 Å². The van der Waals surface area contributed by atoms with E-state index in [1.807, 2.05) is 0 Å². The average Bonchev–Trinajstić information content (AvgIpc) is 2.74. The van der Waals surface area contributed by atoms with Crippen LogP contribution in [0.1, 0.15) is 15.9 Å². The molecule has 0 aromatic heterocycles. The smallest absolute Gasteiger partial charge is 0.345 e. The Kier molecular flexibility index (Phi) is 7.43. The lowest BCUT2D eigenvalue weighted by Crippen LogP contribution is -2.24. The average molecular weight is 443 g/mol. The first kappa shape index (κ1) is 21.4. The number of benzene rings is 3. The number of hydrogen-bond acceptors (Lipinski definition) is 5. The van der Waals surface area contributed by atoms with Gasteiger partial charge >= 0.3 is 5.97 Å². The Morgan fingerprint density at radius 2 is 1.57 bits per heavy atom. The lowest BCUT2D eigenvalue weighted by atomic mass is 10.2. The second-order valence-electron chi connectivity index (χ2n) is 5.95. The monoisotopic (exact) mass is 442 g/mol. The zero-order chi connectivity index (χ0) is 21.3. The summed E-state index contributed by atoms with van der Waals surface area (Å²) >= 11 is 11.9. The van der Waals surface area contributed by atoms with Crippen LogP contribution < -0.4 is 14.9 Å². The Balaban J connectivity index is 1.48. The van der Waals surface area contributed by atoms with Gasteiger partial charge in [0, 0.05) is 0 Å². The minimum absolute atomic E-state index is 0.224. The first-order valence-electron chi connectivity index (χ1n) is 8.79. The van der Waals surface area contributed by atoms with Gasteiger partial charge in [0.1, 0.15) is 11.5 Å². The molecule has 0 radical (unpaired) electrons. The van der Waals surface area contributed by atoms with E-state index in [0.29, 0.717) is 27.1 Å².